The maximum atomic E-state index is 9.13. The van der Waals surface area contributed by atoms with Crippen LogP contribution in [0.1, 0.15) is 11.5 Å². The molecule has 0 aliphatic rings. The summed E-state index contributed by atoms with van der Waals surface area (Å²) in [5.41, 5.74) is 2.23. The van der Waals surface area contributed by atoms with Gasteiger partial charge >= 0.3 is 0 Å². The standard InChI is InChI=1S/C16H21N3O/c1-3-9-18(10-11-20)13-16-12-17-14(2)19(16)15-7-5-4-6-8-15/h3-8,12,20H,1,9-11,13H2,2H3. The molecular formula is C16H21N3O. The molecule has 1 heterocycles. The Morgan fingerprint density at radius 2 is 2.10 bits per heavy atom. The first-order valence-corrected chi connectivity index (χ1v) is 6.79. The first kappa shape index (κ1) is 14.5. The highest BCUT2D eigenvalue weighted by Gasteiger charge is 2.11. The van der Waals surface area contributed by atoms with Crippen molar-refractivity contribution in [3.05, 3.63) is 60.7 Å². The van der Waals surface area contributed by atoms with Gasteiger partial charge in [0.1, 0.15) is 5.82 Å². The molecular weight excluding hydrogens is 250 g/mol. The molecule has 0 saturated carbocycles. The predicted molar refractivity (Wildman–Crippen MR) is 80.9 cm³/mol. The lowest BCUT2D eigenvalue weighted by Crippen LogP contribution is -2.27. The van der Waals surface area contributed by atoms with Gasteiger partial charge in [-0.05, 0) is 19.1 Å². The van der Waals surface area contributed by atoms with Gasteiger partial charge in [0, 0.05) is 25.3 Å². The van der Waals surface area contributed by atoms with E-state index in [1.54, 1.807) is 0 Å². The van der Waals surface area contributed by atoms with E-state index in [1.807, 2.05) is 37.4 Å². The molecule has 4 heteroatoms. The number of aryl methyl sites for hydroxylation is 1. The van der Waals surface area contributed by atoms with Crippen LogP contribution in [0.4, 0.5) is 0 Å². The van der Waals surface area contributed by atoms with Gasteiger partial charge in [0.25, 0.3) is 0 Å². The fraction of sp³-hybridized carbons (Fsp3) is 0.312. The molecule has 2 rings (SSSR count). The second-order valence-electron chi connectivity index (χ2n) is 4.72. The number of aliphatic hydroxyl groups excluding tert-OH is 1. The van der Waals surface area contributed by atoms with Gasteiger partial charge in [0.2, 0.25) is 0 Å². The van der Waals surface area contributed by atoms with Crippen LogP contribution in [-0.4, -0.2) is 39.3 Å². The number of imidazole rings is 1. The SMILES string of the molecule is C=CCN(CCO)Cc1cnc(C)n1-c1ccccc1. The molecule has 1 aromatic heterocycles. The number of para-hydroxylation sites is 1. The first-order valence-electron chi connectivity index (χ1n) is 6.79. The number of benzene rings is 1. The van der Waals surface area contributed by atoms with Crippen LogP contribution < -0.4 is 0 Å². The van der Waals surface area contributed by atoms with E-state index in [0.717, 1.165) is 30.3 Å². The van der Waals surface area contributed by atoms with E-state index >= 15 is 0 Å². The van der Waals surface area contributed by atoms with Crippen LogP contribution in [0.2, 0.25) is 0 Å². The molecule has 0 amide bonds. The highest BCUT2D eigenvalue weighted by atomic mass is 16.3. The largest absolute Gasteiger partial charge is 0.395 e. The Morgan fingerprint density at radius 1 is 1.35 bits per heavy atom. The lowest BCUT2D eigenvalue weighted by molar-refractivity contribution is 0.201. The van der Waals surface area contributed by atoms with Crippen molar-refractivity contribution >= 4 is 0 Å². The van der Waals surface area contributed by atoms with Crippen LogP contribution in [0.5, 0.6) is 0 Å². The second kappa shape index (κ2) is 7.03. The van der Waals surface area contributed by atoms with Crippen LogP contribution in [-0.2, 0) is 6.54 Å². The number of rotatable bonds is 7. The zero-order chi connectivity index (χ0) is 14.4. The molecule has 0 aliphatic carbocycles. The molecule has 0 aliphatic heterocycles. The van der Waals surface area contributed by atoms with Crippen LogP contribution in [0, 0.1) is 6.92 Å². The first-order chi connectivity index (χ1) is 9.76. The summed E-state index contributed by atoms with van der Waals surface area (Å²) in [5.74, 6) is 0.966. The molecule has 1 aromatic carbocycles. The van der Waals surface area contributed by atoms with E-state index in [-0.39, 0.29) is 6.61 Å². The summed E-state index contributed by atoms with van der Waals surface area (Å²) in [4.78, 5) is 6.56. The highest BCUT2D eigenvalue weighted by molar-refractivity contribution is 5.35. The molecule has 106 valence electrons. The number of hydrogen-bond donors (Lipinski definition) is 1. The Balaban J connectivity index is 2.27. The number of nitrogens with zero attached hydrogens (tertiary/aromatic N) is 3. The molecule has 2 aromatic rings. The lowest BCUT2D eigenvalue weighted by atomic mass is 10.3. The van der Waals surface area contributed by atoms with Gasteiger partial charge in [0.15, 0.2) is 0 Å². The quantitative estimate of drug-likeness (QED) is 0.785. The van der Waals surface area contributed by atoms with Gasteiger partial charge in [-0.1, -0.05) is 24.3 Å². The van der Waals surface area contributed by atoms with Crippen molar-refractivity contribution in [2.24, 2.45) is 0 Å². The smallest absolute Gasteiger partial charge is 0.110 e. The molecule has 0 fully saturated rings. The summed E-state index contributed by atoms with van der Waals surface area (Å²) in [6.45, 7) is 8.03. The average Bonchev–Trinajstić information content (AvgIpc) is 2.81. The summed E-state index contributed by atoms with van der Waals surface area (Å²) in [5, 5.41) is 9.13. The Bertz CT molecular complexity index is 548. The maximum Gasteiger partial charge on any atom is 0.110 e. The average molecular weight is 271 g/mol. The zero-order valence-corrected chi connectivity index (χ0v) is 11.9. The van der Waals surface area contributed by atoms with Crippen molar-refractivity contribution in [1.82, 2.24) is 14.5 Å². The molecule has 0 atom stereocenters. The number of aliphatic hydroxyl groups is 1. The Kier molecular flexibility index (Phi) is 5.09. The van der Waals surface area contributed by atoms with E-state index in [2.05, 4.69) is 33.2 Å². The molecule has 20 heavy (non-hydrogen) atoms. The van der Waals surface area contributed by atoms with Crippen molar-refractivity contribution in [2.45, 2.75) is 13.5 Å². The summed E-state index contributed by atoms with van der Waals surface area (Å²) in [6.07, 6.45) is 3.75. The minimum atomic E-state index is 0.145. The molecule has 0 saturated heterocycles. The van der Waals surface area contributed by atoms with Crippen molar-refractivity contribution in [2.75, 3.05) is 19.7 Å². The van der Waals surface area contributed by atoms with Crippen LogP contribution in [0.25, 0.3) is 5.69 Å². The summed E-state index contributed by atoms with van der Waals surface area (Å²) >= 11 is 0. The number of aromatic nitrogens is 2. The van der Waals surface area contributed by atoms with E-state index in [4.69, 9.17) is 5.11 Å². The minimum absolute atomic E-state index is 0.145. The Hall–Kier alpha value is -1.91. The summed E-state index contributed by atoms with van der Waals surface area (Å²) in [6, 6.07) is 10.2. The van der Waals surface area contributed by atoms with E-state index < -0.39 is 0 Å². The van der Waals surface area contributed by atoms with E-state index in [0.29, 0.717) is 6.54 Å². The van der Waals surface area contributed by atoms with E-state index in [1.165, 1.54) is 0 Å². The molecule has 1 N–H and O–H groups in total. The maximum absolute atomic E-state index is 9.13. The van der Waals surface area contributed by atoms with Gasteiger partial charge in [-0.15, -0.1) is 6.58 Å². The van der Waals surface area contributed by atoms with Gasteiger partial charge in [-0.25, -0.2) is 4.98 Å². The summed E-state index contributed by atoms with van der Waals surface area (Å²) in [7, 11) is 0. The molecule has 0 radical (unpaired) electrons. The monoisotopic (exact) mass is 271 g/mol. The van der Waals surface area contributed by atoms with Crippen LogP contribution in [0.15, 0.2) is 49.2 Å². The van der Waals surface area contributed by atoms with Gasteiger partial charge in [0.05, 0.1) is 18.5 Å². The van der Waals surface area contributed by atoms with Gasteiger partial charge in [-0.2, -0.15) is 0 Å². The number of hydrogen-bond acceptors (Lipinski definition) is 3. The Labute approximate surface area is 120 Å². The fourth-order valence-corrected chi connectivity index (χ4v) is 2.32. The zero-order valence-electron chi connectivity index (χ0n) is 11.9. The van der Waals surface area contributed by atoms with Crippen LogP contribution in [0.3, 0.4) is 0 Å². The lowest BCUT2D eigenvalue weighted by Gasteiger charge is -2.20. The highest BCUT2D eigenvalue weighted by Crippen LogP contribution is 2.16. The van der Waals surface area contributed by atoms with E-state index in [9.17, 15) is 0 Å². The third-order valence-electron chi connectivity index (χ3n) is 3.21. The fourth-order valence-electron chi connectivity index (χ4n) is 2.32. The third-order valence-corrected chi connectivity index (χ3v) is 3.21. The minimum Gasteiger partial charge on any atom is -0.395 e. The second-order valence-corrected chi connectivity index (χ2v) is 4.72. The van der Waals surface area contributed by atoms with Crippen molar-refractivity contribution in [3.63, 3.8) is 0 Å². The van der Waals surface area contributed by atoms with Crippen molar-refractivity contribution in [1.29, 1.82) is 0 Å². The topological polar surface area (TPSA) is 41.3 Å². The van der Waals surface area contributed by atoms with Crippen molar-refractivity contribution < 1.29 is 5.11 Å². The molecule has 0 spiro atoms. The summed E-state index contributed by atoms with van der Waals surface area (Å²) < 4.78 is 2.15. The van der Waals surface area contributed by atoms with Crippen molar-refractivity contribution in [3.8, 4) is 5.69 Å². The molecule has 0 unspecified atom stereocenters. The predicted octanol–water partition coefficient (Wildman–Crippen LogP) is 2.16. The van der Waals surface area contributed by atoms with Gasteiger partial charge in [-0.3, -0.25) is 9.47 Å². The van der Waals surface area contributed by atoms with Crippen LogP contribution >= 0.6 is 0 Å². The molecule has 0 bridgehead atoms. The third kappa shape index (κ3) is 3.35. The normalized spacial score (nSPS) is 10.9. The molecule has 4 nitrogen and oxygen atoms in total. The van der Waals surface area contributed by atoms with Gasteiger partial charge < -0.3 is 5.11 Å². The Morgan fingerprint density at radius 3 is 2.75 bits per heavy atom.